The van der Waals surface area contributed by atoms with Crippen LogP contribution in [0.25, 0.3) is 0 Å². The molecule has 2 rings (SSSR count). The largest absolute Gasteiger partial charge is 0.476 e. The molecule has 0 aliphatic carbocycles. The van der Waals surface area contributed by atoms with Crippen LogP contribution in [0.4, 0.5) is 0 Å². The third-order valence-corrected chi connectivity index (χ3v) is 3.09. The number of rotatable bonds is 6. The number of carboxylic acids is 1. The zero-order valence-electron chi connectivity index (χ0n) is 11.6. The molecule has 1 heterocycles. The monoisotopic (exact) mass is 274 g/mol. The lowest BCUT2D eigenvalue weighted by Gasteiger charge is -2.14. The van der Waals surface area contributed by atoms with Gasteiger partial charge in [-0.15, -0.1) is 5.10 Å². The highest BCUT2D eigenvalue weighted by atomic mass is 16.4. The molecule has 0 amide bonds. The summed E-state index contributed by atoms with van der Waals surface area (Å²) in [7, 11) is 0. The van der Waals surface area contributed by atoms with Crippen LogP contribution in [0, 0.1) is 6.92 Å². The number of carbonyl (C=O) groups is 1. The fourth-order valence-corrected chi connectivity index (χ4v) is 1.96. The van der Waals surface area contributed by atoms with E-state index >= 15 is 0 Å². The number of benzene rings is 1. The van der Waals surface area contributed by atoms with E-state index < -0.39 is 5.97 Å². The quantitative estimate of drug-likeness (QED) is 0.837. The molecule has 0 aliphatic rings. The number of hydrogen-bond donors (Lipinski definition) is 2. The molecule has 106 valence electrons. The van der Waals surface area contributed by atoms with Crippen molar-refractivity contribution in [3.63, 3.8) is 0 Å². The van der Waals surface area contributed by atoms with Gasteiger partial charge in [-0.3, -0.25) is 4.68 Å². The van der Waals surface area contributed by atoms with Crippen LogP contribution in [0.15, 0.2) is 30.5 Å². The maximum Gasteiger partial charge on any atom is 0.358 e. The Balaban J connectivity index is 1.84. The summed E-state index contributed by atoms with van der Waals surface area (Å²) in [5, 5.41) is 19.5. The fraction of sp³-hybridized carbons (Fsp3) is 0.357. The average molecular weight is 274 g/mol. The van der Waals surface area contributed by atoms with E-state index in [-0.39, 0.29) is 11.7 Å². The molecule has 0 fully saturated rings. The second-order valence-electron chi connectivity index (χ2n) is 4.76. The van der Waals surface area contributed by atoms with Crippen LogP contribution in [-0.4, -0.2) is 32.6 Å². The Morgan fingerprint density at radius 1 is 1.50 bits per heavy atom. The summed E-state index contributed by atoms with van der Waals surface area (Å²) in [5.41, 5.74) is 2.44. The van der Waals surface area contributed by atoms with Crippen LogP contribution < -0.4 is 5.32 Å². The summed E-state index contributed by atoms with van der Waals surface area (Å²) in [6.45, 7) is 5.44. The van der Waals surface area contributed by atoms with E-state index in [4.69, 9.17) is 5.11 Å². The summed E-state index contributed by atoms with van der Waals surface area (Å²) in [6.07, 6.45) is 1.43. The summed E-state index contributed by atoms with van der Waals surface area (Å²) in [4.78, 5) is 10.7. The Kier molecular flexibility index (Phi) is 4.47. The second-order valence-corrected chi connectivity index (χ2v) is 4.76. The van der Waals surface area contributed by atoms with Gasteiger partial charge in [0, 0.05) is 12.6 Å². The fourth-order valence-electron chi connectivity index (χ4n) is 1.96. The van der Waals surface area contributed by atoms with Crippen molar-refractivity contribution in [2.75, 3.05) is 6.54 Å². The highest BCUT2D eigenvalue weighted by molar-refractivity contribution is 5.84. The molecule has 2 N–H and O–H groups in total. The molecule has 6 heteroatoms. The Labute approximate surface area is 117 Å². The molecule has 1 aromatic carbocycles. The molecule has 0 aliphatic heterocycles. The van der Waals surface area contributed by atoms with Crippen molar-refractivity contribution >= 4 is 5.97 Å². The van der Waals surface area contributed by atoms with Gasteiger partial charge in [-0.1, -0.05) is 35.0 Å². The molecule has 0 radical (unpaired) electrons. The van der Waals surface area contributed by atoms with E-state index in [1.54, 1.807) is 0 Å². The zero-order chi connectivity index (χ0) is 14.5. The molecular weight excluding hydrogens is 256 g/mol. The molecule has 2 aromatic rings. The van der Waals surface area contributed by atoms with Crippen molar-refractivity contribution in [3.05, 3.63) is 47.3 Å². The maximum absolute atomic E-state index is 10.7. The van der Waals surface area contributed by atoms with Crippen molar-refractivity contribution in [2.24, 2.45) is 0 Å². The Morgan fingerprint density at radius 2 is 2.30 bits per heavy atom. The topological polar surface area (TPSA) is 80.0 Å². The van der Waals surface area contributed by atoms with Gasteiger partial charge < -0.3 is 10.4 Å². The first-order chi connectivity index (χ1) is 9.56. The van der Waals surface area contributed by atoms with Crippen molar-refractivity contribution in [3.8, 4) is 0 Å². The zero-order valence-corrected chi connectivity index (χ0v) is 11.6. The first kappa shape index (κ1) is 14.2. The minimum absolute atomic E-state index is 0.0308. The highest BCUT2D eigenvalue weighted by Gasteiger charge is 2.08. The van der Waals surface area contributed by atoms with Crippen LogP contribution in [0.2, 0.25) is 0 Å². The number of nitrogens with one attached hydrogen (secondary N) is 1. The molecule has 6 nitrogen and oxygen atoms in total. The van der Waals surface area contributed by atoms with Gasteiger partial charge in [0.2, 0.25) is 0 Å². The van der Waals surface area contributed by atoms with Gasteiger partial charge in [0.15, 0.2) is 5.69 Å². The second kappa shape index (κ2) is 6.29. The SMILES string of the molecule is Cc1cccc([C@H](C)NCCn2cc(C(=O)O)nn2)c1. The first-order valence-corrected chi connectivity index (χ1v) is 6.49. The smallest absolute Gasteiger partial charge is 0.358 e. The molecule has 0 bridgehead atoms. The number of carboxylic acid groups (broad SMARTS) is 1. The Hall–Kier alpha value is -2.21. The van der Waals surface area contributed by atoms with Gasteiger partial charge in [-0.25, -0.2) is 4.79 Å². The third-order valence-electron chi connectivity index (χ3n) is 3.09. The molecule has 20 heavy (non-hydrogen) atoms. The van der Waals surface area contributed by atoms with E-state index in [0.29, 0.717) is 13.1 Å². The van der Waals surface area contributed by atoms with E-state index in [2.05, 4.69) is 47.7 Å². The predicted molar refractivity (Wildman–Crippen MR) is 74.6 cm³/mol. The number of aromatic carboxylic acids is 1. The predicted octanol–water partition coefficient (Wildman–Crippen LogP) is 1.64. The van der Waals surface area contributed by atoms with Crippen LogP contribution in [0.1, 0.15) is 34.6 Å². The normalized spacial score (nSPS) is 12.3. The minimum Gasteiger partial charge on any atom is -0.476 e. The number of hydrogen-bond acceptors (Lipinski definition) is 4. The van der Waals surface area contributed by atoms with E-state index in [1.807, 2.05) is 6.07 Å². The standard InChI is InChI=1S/C14H18N4O2/c1-10-4-3-5-12(8-10)11(2)15-6-7-18-9-13(14(19)20)16-17-18/h3-5,8-9,11,15H,6-7H2,1-2H3,(H,19,20)/t11-/m0/s1. The lowest BCUT2D eigenvalue weighted by Crippen LogP contribution is -2.23. The lowest BCUT2D eigenvalue weighted by atomic mass is 10.1. The van der Waals surface area contributed by atoms with Crippen LogP contribution in [0.3, 0.4) is 0 Å². The van der Waals surface area contributed by atoms with Crippen molar-refractivity contribution < 1.29 is 9.90 Å². The van der Waals surface area contributed by atoms with Crippen LogP contribution in [0.5, 0.6) is 0 Å². The average Bonchev–Trinajstić information content (AvgIpc) is 2.87. The molecule has 1 atom stereocenters. The van der Waals surface area contributed by atoms with Gasteiger partial charge in [0.05, 0.1) is 12.7 Å². The summed E-state index contributed by atoms with van der Waals surface area (Å²) < 4.78 is 1.53. The van der Waals surface area contributed by atoms with Gasteiger partial charge in [-0.2, -0.15) is 0 Å². The van der Waals surface area contributed by atoms with Crippen LogP contribution >= 0.6 is 0 Å². The summed E-state index contributed by atoms with van der Waals surface area (Å²) in [6, 6.07) is 8.58. The maximum atomic E-state index is 10.7. The number of aromatic nitrogens is 3. The highest BCUT2D eigenvalue weighted by Crippen LogP contribution is 2.13. The molecule has 0 saturated carbocycles. The van der Waals surface area contributed by atoms with E-state index in [1.165, 1.54) is 22.0 Å². The van der Waals surface area contributed by atoms with Crippen molar-refractivity contribution in [1.82, 2.24) is 20.3 Å². The summed E-state index contributed by atoms with van der Waals surface area (Å²) in [5.74, 6) is -1.06. The Morgan fingerprint density at radius 3 is 2.95 bits per heavy atom. The van der Waals surface area contributed by atoms with Crippen LogP contribution in [-0.2, 0) is 6.54 Å². The molecular formula is C14H18N4O2. The van der Waals surface area contributed by atoms with Crippen molar-refractivity contribution in [2.45, 2.75) is 26.4 Å². The lowest BCUT2D eigenvalue weighted by molar-refractivity contribution is 0.0690. The molecule has 0 unspecified atom stereocenters. The third kappa shape index (κ3) is 3.64. The minimum atomic E-state index is -1.06. The van der Waals surface area contributed by atoms with Crippen molar-refractivity contribution in [1.29, 1.82) is 0 Å². The molecule has 0 saturated heterocycles. The molecule has 0 spiro atoms. The summed E-state index contributed by atoms with van der Waals surface area (Å²) >= 11 is 0. The van der Waals surface area contributed by atoms with Gasteiger partial charge in [0.25, 0.3) is 0 Å². The van der Waals surface area contributed by atoms with Gasteiger partial charge >= 0.3 is 5.97 Å². The number of nitrogens with zero attached hydrogens (tertiary/aromatic N) is 3. The first-order valence-electron chi connectivity index (χ1n) is 6.49. The van der Waals surface area contributed by atoms with E-state index in [0.717, 1.165) is 0 Å². The number of aryl methyl sites for hydroxylation is 1. The van der Waals surface area contributed by atoms with Gasteiger partial charge in [0.1, 0.15) is 0 Å². The Bertz CT molecular complexity index is 594. The van der Waals surface area contributed by atoms with E-state index in [9.17, 15) is 4.79 Å². The molecule has 1 aromatic heterocycles. The van der Waals surface area contributed by atoms with Gasteiger partial charge in [-0.05, 0) is 19.4 Å².